The second kappa shape index (κ2) is 16.0. The fourth-order valence-corrected chi connectivity index (χ4v) is 2.38. The van der Waals surface area contributed by atoms with Gasteiger partial charge in [0.2, 0.25) is 5.91 Å². The van der Waals surface area contributed by atoms with Gasteiger partial charge in [0, 0.05) is 19.0 Å². The predicted octanol–water partition coefficient (Wildman–Crippen LogP) is 4.62. The molecule has 5 heteroatoms. The number of benzene rings is 1. The third-order valence-corrected chi connectivity index (χ3v) is 3.33. The number of rotatable bonds is 1. The van der Waals surface area contributed by atoms with Crippen LogP contribution in [0.15, 0.2) is 30.6 Å². The van der Waals surface area contributed by atoms with Gasteiger partial charge < -0.3 is 4.90 Å². The SMILES string of the molecule is CC.CC.CC.CN1CCC(c2ncnc3ccccc23)C1=O.[CH2]=[V]. The second-order valence-electron chi connectivity index (χ2n) is 4.38. The fourth-order valence-electron chi connectivity index (χ4n) is 2.38. The summed E-state index contributed by atoms with van der Waals surface area (Å²) >= 11 is 2.06. The molecule has 3 rings (SSSR count). The summed E-state index contributed by atoms with van der Waals surface area (Å²) in [7, 11) is 1.84. The Labute approximate surface area is 162 Å². The predicted molar refractivity (Wildman–Crippen MR) is 106 cm³/mol. The van der Waals surface area contributed by atoms with Gasteiger partial charge in [0.15, 0.2) is 0 Å². The third-order valence-electron chi connectivity index (χ3n) is 3.33. The van der Waals surface area contributed by atoms with E-state index in [4.69, 9.17) is 0 Å². The minimum atomic E-state index is -0.104. The number of hydrogen-bond acceptors (Lipinski definition) is 3. The fraction of sp³-hybridized carbons (Fsp3) is 0.500. The molecule has 139 valence electrons. The topological polar surface area (TPSA) is 46.1 Å². The zero-order valence-corrected chi connectivity index (χ0v) is 18.2. The Kier molecular flexibility index (Phi) is 16.4. The molecule has 25 heavy (non-hydrogen) atoms. The van der Waals surface area contributed by atoms with E-state index < -0.39 is 0 Å². The summed E-state index contributed by atoms with van der Waals surface area (Å²) in [6.07, 6.45) is 2.39. The first-order valence-electron chi connectivity index (χ1n) is 9.03. The van der Waals surface area contributed by atoms with E-state index in [9.17, 15) is 4.79 Å². The van der Waals surface area contributed by atoms with E-state index in [0.717, 1.165) is 29.6 Å². The van der Waals surface area contributed by atoms with Crippen molar-refractivity contribution < 1.29 is 21.8 Å². The van der Waals surface area contributed by atoms with Crippen LogP contribution < -0.4 is 0 Å². The molecule has 1 aromatic heterocycles. The molecule has 1 unspecified atom stereocenters. The van der Waals surface area contributed by atoms with Gasteiger partial charge in [-0.25, -0.2) is 9.97 Å². The summed E-state index contributed by atoms with van der Waals surface area (Å²) in [5, 5.41) is 4.18. The van der Waals surface area contributed by atoms with Gasteiger partial charge in [0.25, 0.3) is 0 Å². The maximum absolute atomic E-state index is 12.0. The normalized spacial score (nSPS) is 14.6. The van der Waals surface area contributed by atoms with E-state index in [1.54, 1.807) is 11.2 Å². The molecule has 1 atom stereocenters. The summed E-state index contributed by atoms with van der Waals surface area (Å²) < 4.78 is 0. The van der Waals surface area contributed by atoms with E-state index >= 15 is 0 Å². The number of carbonyl (C=O) groups excluding carboxylic acids is 1. The molecule has 1 fully saturated rings. The van der Waals surface area contributed by atoms with Crippen LogP contribution >= 0.6 is 0 Å². The average Bonchev–Trinajstić information content (AvgIpc) is 3.06. The zero-order chi connectivity index (χ0) is 19.8. The molecule has 0 saturated carbocycles. The van der Waals surface area contributed by atoms with Gasteiger partial charge in [-0.05, 0) is 12.5 Å². The van der Waals surface area contributed by atoms with Crippen molar-refractivity contribution in [1.82, 2.24) is 14.9 Å². The van der Waals surface area contributed by atoms with Crippen LogP contribution in [0.25, 0.3) is 10.9 Å². The van der Waals surface area contributed by atoms with Crippen molar-refractivity contribution in [2.45, 2.75) is 53.9 Å². The van der Waals surface area contributed by atoms with E-state index in [-0.39, 0.29) is 11.8 Å². The number of likely N-dealkylation sites (N-methyl/N-ethyl adjacent to an activating group) is 1. The van der Waals surface area contributed by atoms with Crippen molar-refractivity contribution >= 4 is 22.0 Å². The average molecular weight is 382 g/mol. The molecule has 4 nitrogen and oxygen atoms in total. The molecule has 0 bridgehead atoms. The van der Waals surface area contributed by atoms with Gasteiger partial charge in [-0.15, -0.1) is 0 Å². The van der Waals surface area contributed by atoms with E-state index in [1.807, 2.05) is 72.9 Å². The van der Waals surface area contributed by atoms with E-state index in [0.29, 0.717) is 0 Å². The molecular formula is C20H33N3OV. The van der Waals surface area contributed by atoms with Crippen LogP contribution in [0, 0.1) is 0 Å². The van der Waals surface area contributed by atoms with Crippen LogP contribution in [-0.2, 0) is 21.8 Å². The molecule has 0 N–H and O–H groups in total. The van der Waals surface area contributed by atoms with Gasteiger partial charge in [-0.3, -0.25) is 4.79 Å². The number of carbonyl (C=O) groups is 1. The van der Waals surface area contributed by atoms with Crippen LogP contribution in [0.5, 0.6) is 0 Å². The number of likely N-dealkylation sites (tertiary alicyclic amines) is 1. The minimum absolute atomic E-state index is 0.104. The van der Waals surface area contributed by atoms with Crippen molar-refractivity contribution in [3.05, 3.63) is 36.3 Å². The van der Waals surface area contributed by atoms with Gasteiger partial charge >= 0.3 is 22.2 Å². The summed E-state index contributed by atoms with van der Waals surface area (Å²) in [5.74, 6) is 0.0572. The first-order valence-corrected chi connectivity index (χ1v) is 10.0. The second-order valence-corrected chi connectivity index (χ2v) is 4.38. The number of nitrogens with zero attached hydrogens (tertiary/aromatic N) is 3. The molecule has 0 spiro atoms. The number of hydrogen-bond donors (Lipinski definition) is 0. The number of fused-ring (bicyclic) bond motifs is 1. The standard InChI is InChI=1S/C13H13N3O.3C2H6.CH2.V/c1-16-7-6-10(13(16)17)12-9-4-2-3-5-11(9)14-8-15-12;3*1-2;;/h2-5,8,10H,6-7H2,1H3;3*1-2H3;1H2;. The Balaban J connectivity index is 0. The molecule has 0 aliphatic carbocycles. The van der Waals surface area contributed by atoms with Gasteiger partial charge in [-0.1, -0.05) is 59.7 Å². The Morgan fingerprint density at radius 1 is 1.04 bits per heavy atom. The van der Waals surface area contributed by atoms with E-state index in [2.05, 4.69) is 32.2 Å². The van der Waals surface area contributed by atoms with Gasteiger partial charge in [-0.2, -0.15) is 0 Å². The number of para-hydroxylation sites is 1. The molecule has 1 saturated heterocycles. The van der Waals surface area contributed by atoms with Crippen molar-refractivity contribution in [3.63, 3.8) is 0 Å². The summed E-state index contributed by atoms with van der Waals surface area (Å²) in [6, 6.07) is 7.83. The first kappa shape index (κ1) is 25.7. The van der Waals surface area contributed by atoms with Crippen molar-refractivity contribution in [2.24, 2.45) is 0 Å². The molecule has 1 aliphatic rings. The maximum atomic E-state index is 12.0. The monoisotopic (exact) mass is 382 g/mol. The Morgan fingerprint density at radius 2 is 1.60 bits per heavy atom. The van der Waals surface area contributed by atoms with Gasteiger partial charge in [0.05, 0.1) is 17.1 Å². The van der Waals surface area contributed by atoms with Crippen LogP contribution in [0.1, 0.15) is 59.6 Å². The number of amides is 1. The summed E-state index contributed by atoms with van der Waals surface area (Å²) in [6.45, 7) is 12.8. The molecule has 1 aromatic carbocycles. The van der Waals surface area contributed by atoms with Crippen molar-refractivity contribution in [3.8, 4) is 0 Å². The van der Waals surface area contributed by atoms with Crippen molar-refractivity contribution in [2.75, 3.05) is 13.6 Å². The zero-order valence-electron chi connectivity index (χ0n) is 16.8. The van der Waals surface area contributed by atoms with Gasteiger partial charge in [0.1, 0.15) is 6.33 Å². The Hall–Kier alpha value is -1.52. The summed E-state index contributed by atoms with van der Waals surface area (Å²) in [4.78, 5) is 22.3. The molecule has 0 radical (unpaired) electrons. The van der Waals surface area contributed by atoms with Crippen LogP contribution in [0.3, 0.4) is 0 Å². The molecule has 1 aliphatic heterocycles. The Morgan fingerprint density at radius 3 is 2.12 bits per heavy atom. The molecule has 2 aromatic rings. The van der Waals surface area contributed by atoms with Crippen LogP contribution in [-0.4, -0.2) is 39.6 Å². The third kappa shape index (κ3) is 7.09. The van der Waals surface area contributed by atoms with Crippen LogP contribution in [0.2, 0.25) is 0 Å². The Bertz CT molecular complexity index is 599. The van der Waals surface area contributed by atoms with E-state index in [1.165, 1.54) is 0 Å². The number of aromatic nitrogens is 2. The first-order chi connectivity index (χ1) is 12.3. The quantitative estimate of drug-likeness (QED) is 0.723. The summed E-state index contributed by atoms with van der Waals surface area (Å²) in [5.41, 5.74) is 1.77. The molecular weight excluding hydrogens is 349 g/mol. The molecule has 2 heterocycles. The van der Waals surface area contributed by atoms with Crippen LogP contribution in [0.4, 0.5) is 0 Å². The molecule has 1 amide bonds. The van der Waals surface area contributed by atoms with Crippen molar-refractivity contribution in [1.29, 1.82) is 0 Å².